The van der Waals surface area contributed by atoms with E-state index in [9.17, 15) is 4.79 Å². The summed E-state index contributed by atoms with van der Waals surface area (Å²) in [6.07, 6.45) is 0.897. The summed E-state index contributed by atoms with van der Waals surface area (Å²) in [5, 5.41) is 3.61. The largest absolute Gasteiger partial charge is 0.329 e. The molecule has 0 saturated carbocycles. The average Bonchev–Trinajstić information content (AvgIpc) is 2.56. The molecule has 2 rings (SSSR count). The molecule has 0 fully saturated rings. The Morgan fingerprint density at radius 2 is 1.92 bits per heavy atom. The van der Waals surface area contributed by atoms with Crippen LogP contribution in [0.5, 0.6) is 0 Å². The van der Waals surface area contributed by atoms with Gasteiger partial charge in [-0.1, -0.05) is 41.9 Å². The number of carbonyl (C=O) groups excluding carboxylic acids is 1. The summed E-state index contributed by atoms with van der Waals surface area (Å²) < 4.78 is 0. The van der Waals surface area contributed by atoms with Gasteiger partial charge in [0, 0.05) is 30.3 Å². The van der Waals surface area contributed by atoms with Crippen LogP contribution in [0.4, 0.5) is 5.69 Å². The summed E-state index contributed by atoms with van der Waals surface area (Å²) in [7, 11) is 0. The lowest BCUT2D eigenvalue weighted by Gasteiger charge is -2.21. The van der Waals surface area contributed by atoms with Gasteiger partial charge in [0.05, 0.1) is 6.54 Å². The molecule has 0 bridgehead atoms. The van der Waals surface area contributed by atoms with Gasteiger partial charge >= 0.3 is 0 Å². The first-order chi connectivity index (χ1) is 11.6. The van der Waals surface area contributed by atoms with Crippen LogP contribution in [0.1, 0.15) is 11.1 Å². The Hall–Kier alpha value is -1.88. The smallest absolute Gasteiger partial charge is 0.238 e. The topological polar surface area (TPSA) is 58.4 Å². The molecule has 0 aliphatic carbocycles. The Labute approximate surface area is 148 Å². The van der Waals surface area contributed by atoms with Crippen LogP contribution in [0.15, 0.2) is 48.5 Å². The van der Waals surface area contributed by atoms with Crippen LogP contribution in [0, 0.1) is 6.92 Å². The molecule has 2 aromatic carbocycles. The van der Waals surface area contributed by atoms with Gasteiger partial charge in [0.25, 0.3) is 0 Å². The van der Waals surface area contributed by atoms with E-state index < -0.39 is 0 Å². The zero-order chi connectivity index (χ0) is 17.4. The fourth-order valence-electron chi connectivity index (χ4n) is 2.54. The molecule has 1 amide bonds. The van der Waals surface area contributed by atoms with Crippen molar-refractivity contribution < 1.29 is 4.79 Å². The van der Waals surface area contributed by atoms with Crippen molar-refractivity contribution in [1.82, 2.24) is 4.90 Å². The van der Waals surface area contributed by atoms with Gasteiger partial charge < -0.3 is 11.1 Å². The van der Waals surface area contributed by atoms with Gasteiger partial charge in [-0.05, 0) is 42.7 Å². The number of benzene rings is 2. The first-order valence-corrected chi connectivity index (χ1v) is 8.48. The molecule has 3 N–H and O–H groups in total. The molecule has 4 nitrogen and oxygen atoms in total. The fraction of sp³-hybridized carbons (Fsp3) is 0.316. The SMILES string of the molecule is Cc1cc(Cl)ccc1NC(=O)CN(CCN)CCc1ccccc1. The van der Waals surface area contributed by atoms with E-state index >= 15 is 0 Å². The van der Waals surface area contributed by atoms with Crippen molar-refractivity contribution in [1.29, 1.82) is 0 Å². The highest BCUT2D eigenvalue weighted by Crippen LogP contribution is 2.19. The zero-order valence-electron chi connectivity index (χ0n) is 14.0. The van der Waals surface area contributed by atoms with E-state index in [1.54, 1.807) is 6.07 Å². The third kappa shape index (κ3) is 5.96. The third-order valence-electron chi connectivity index (χ3n) is 3.83. The number of amides is 1. The molecule has 0 radical (unpaired) electrons. The summed E-state index contributed by atoms with van der Waals surface area (Å²) in [6, 6.07) is 15.7. The number of hydrogen-bond acceptors (Lipinski definition) is 3. The fourth-order valence-corrected chi connectivity index (χ4v) is 2.77. The number of nitrogens with zero attached hydrogens (tertiary/aromatic N) is 1. The summed E-state index contributed by atoms with van der Waals surface area (Å²) in [5.41, 5.74) is 8.68. The van der Waals surface area contributed by atoms with Crippen LogP contribution in [-0.4, -0.2) is 37.0 Å². The van der Waals surface area contributed by atoms with E-state index in [-0.39, 0.29) is 5.91 Å². The number of anilines is 1. The summed E-state index contributed by atoms with van der Waals surface area (Å²) in [4.78, 5) is 14.4. The lowest BCUT2D eigenvalue weighted by molar-refractivity contribution is -0.117. The van der Waals surface area contributed by atoms with E-state index in [0.717, 1.165) is 24.2 Å². The Balaban J connectivity index is 1.90. The first-order valence-electron chi connectivity index (χ1n) is 8.11. The van der Waals surface area contributed by atoms with Gasteiger partial charge in [0.15, 0.2) is 0 Å². The van der Waals surface area contributed by atoms with Crippen molar-refractivity contribution in [2.45, 2.75) is 13.3 Å². The monoisotopic (exact) mass is 345 g/mol. The third-order valence-corrected chi connectivity index (χ3v) is 4.07. The van der Waals surface area contributed by atoms with E-state index in [4.69, 9.17) is 17.3 Å². The van der Waals surface area contributed by atoms with Gasteiger partial charge in [-0.2, -0.15) is 0 Å². The molecule has 128 valence electrons. The minimum Gasteiger partial charge on any atom is -0.329 e. The molecule has 0 aliphatic rings. The Bertz CT molecular complexity index is 661. The molecule has 0 aromatic heterocycles. The number of rotatable bonds is 8. The van der Waals surface area contributed by atoms with Crippen LogP contribution in [0.2, 0.25) is 5.02 Å². The predicted octanol–water partition coefficient (Wildman–Crippen LogP) is 3.09. The Morgan fingerprint density at radius 3 is 2.58 bits per heavy atom. The minimum atomic E-state index is -0.0399. The van der Waals surface area contributed by atoms with Gasteiger partial charge in [0.2, 0.25) is 5.91 Å². The maximum atomic E-state index is 12.3. The molecular weight excluding hydrogens is 322 g/mol. The van der Waals surface area contributed by atoms with Crippen molar-refractivity contribution in [3.05, 3.63) is 64.7 Å². The van der Waals surface area contributed by atoms with E-state index in [0.29, 0.717) is 24.7 Å². The van der Waals surface area contributed by atoms with Gasteiger partial charge in [-0.15, -0.1) is 0 Å². The molecule has 0 atom stereocenters. The highest BCUT2D eigenvalue weighted by atomic mass is 35.5. The van der Waals surface area contributed by atoms with Gasteiger partial charge in [-0.25, -0.2) is 0 Å². The standard InChI is InChI=1S/C19H24ClN3O/c1-15-13-17(20)7-8-18(15)22-19(24)14-23(12-10-21)11-9-16-5-3-2-4-6-16/h2-8,13H,9-12,14,21H2,1H3,(H,22,24). The second kappa shape index (κ2) is 9.42. The maximum Gasteiger partial charge on any atom is 0.238 e. The normalized spacial score (nSPS) is 10.8. The molecule has 24 heavy (non-hydrogen) atoms. The molecule has 5 heteroatoms. The first kappa shape index (κ1) is 18.5. The van der Waals surface area contributed by atoms with Crippen molar-refractivity contribution in [2.24, 2.45) is 5.73 Å². The van der Waals surface area contributed by atoms with E-state index in [1.807, 2.05) is 37.3 Å². The van der Waals surface area contributed by atoms with Gasteiger partial charge in [0.1, 0.15) is 0 Å². The lowest BCUT2D eigenvalue weighted by Crippen LogP contribution is -2.38. The summed E-state index contributed by atoms with van der Waals surface area (Å²) in [6.45, 7) is 4.27. The minimum absolute atomic E-state index is 0.0399. The average molecular weight is 346 g/mol. The van der Waals surface area contributed by atoms with Crippen molar-refractivity contribution >= 4 is 23.2 Å². The quantitative estimate of drug-likeness (QED) is 0.773. The number of nitrogens with two attached hydrogens (primary N) is 1. The van der Waals surface area contributed by atoms with Crippen LogP contribution >= 0.6 is 11.6 Å². The molecular formula is C19H24ClN3O. The molecule has 0 heterocycles. The number of nitrogens with one attached hydrogen (secondary N) is 1. The number of carbonyl (C=O) groups is 1. The van der Waals surface area contributed by atoms with E-state index in [1.165, 1.54) is 5.56 Å². The molecule has 0 aliphatic heterocycles. The molecule has 0 saturated heterocycles. The Morgan fingerprint density at radius 1 is 1.17 bits per heavy atom. The van der Waals surface area contributed by atoms with Crippen LogP contribution in [0.25, 0.3) is 0 Å². The second-order valence-electron chi connectivity index (χ2n) is 5.81. The number of halogens is 1. The Kier molecular flexibility index (Phi) is 7.25. The summed E-state index contributed by atoms with van der Waals surface area (Å²) >= 11 is 5.94. The lowest BCUT2D eigenvalue weighted by atomic mass is 10.1. The maximum absolute atomic E-state index is 12.3. The molecule has 2 aromatic rings. The zero-order valence-corrected chi connectivity index (χ0v) is 14.7. The molecule has 0 unspecified atom stereocenters. The van der Waals surface area contributed by atoms with Crippen molar-refractivity contribution in [2.75, 3.05) is 31.5 Å². The van der Waals surface area contributed by atoms with Crippen LogP contribution in [-0.2, 0) is 11.2 Å². The predicted molar refractivity (Wildman–Crippen MR) is 100 cm³/mol. The van der Waals surface area contributed by atoms with E-state index in [2.05, 4.69) is 22.3 Å². The van der Waals surface area contributed by atoms with Crippen molar-refractivity contribution in [3.63, 3.8) is 0 Å². The number of aryl methyl sites for hydroxylation is 1. The van der Waals surface area contributed by atoms with Crippen molar-refractivity contribution in [3.8, 4) is 0 Å². The highest BCUT2D eigenvalue weighted by molar-refractivity contribution is 6.30. The highest BCUT2D eigenvalue weighted by Gasteiger charge is 2.11. The van der Waals surface area contributed by atoms with Gasteiger partial charge in [-0.3, -0.25) is 9.69 Å². The molecule has 0 spiro atoms. The van der Waals surface area contributed by atoms with Crippen LogP contribution < -0.4 is 11.1 Å². The summed E-state index contributed by atoms with van der Waals surface area (Å²) in [5.74, 6) is -0.0399. The number of hydrogen-bond donors (Lipinski definition) is 2. The van der Waals surface area contributed by atoms with Crippen LogP contribution in [0.3, 0.4) is 0 Å². The second-order valence-corrected chi connectivity index (χ2v) is 6.24.